The number of nitrogens with zero attached hydrogens (tertiary/aromatic N) is 1. The van der Waals surface area contributed by atoms with Crippen LogP contribution in [0.5, 0.6) is 0 Å². The van der Waals surface area contributed by atoms with E-state index in [1.807, 2.05) is 0 Å². The van der Waals surface area contributed by atoms with Crippen LogP contribution < -0.4 is 5.32 Å². The number of hydrogen-bond acceptors (Lipinski definition) is 4. The van der Waals surface area contributed by atoms with Crippen molar-refractivity contribution in [3.63, 3.8) is 0 Å². The predicted molar refractivity (Wildman–Crippen MR) is 63.9 cm³/mol. The molecule has 2 bridgehead atoms. The number of rotatable bonds is 1. The fraction of sp³-hybridized carbons (Fsp3) is 0.917. The monoisotopic (exact) mass is 242 g/mol. The van der Waals surface area contributed by atoms with Gasteiger partial charge in [-0.3, -0.25) is 9.69 Å². The standard InChI is InChI=1S/C10H18N2O.C2H4O2/c13-10-3-7-1-2-8(4-10)12(7)9-5-11-6-9;1-2(3)4/h7-11,13H,1-6H2;1H3,(H,3,4)/t7-,8+,10?;. The molecule has 5 heteroatoms. The molecule has 0 aromatic carbocycles. The van der Waals surface area contributed by atoms with Crippen molar-refractivity contribution in [2.45, 2.75) is 56.8 Å². The van der Waals surface area contributed by atoms with Gasteiger partial charge in [0.05, 0.1) is 6.10 Å². The zero-order valence-electron chi connectivity index (χ0n) is 10.3. The molecule has 1 unspecified atom stereocenters. The van der Waals surface area contributed by atoms with Gasteiger partial charge >= 0.3 is 0 Å². The molecule has 3 N–H and O–H groups in total. The molecule has 0 saturated carbocycles. The highest BCUT2D eigenvalue weighted by atomic mass is 16.4. The summed E-state index contributed by atoms with van der Waals surface area (Å²) in [6.07, 6.45) is 4.66. The first kappa shape index (κ1) is 12.8. The Bertz CT molecular complexity index is 263. The quantitative estimate of drug-likeness (QED) is 0.605. The lowest BCUT2D eigenvalue weighted by Crippen LogP contribution is -2.62. The molecule has 3 heterocycles. The molecule has 0 spiro atoms. The third-order valence-electron chi connectivity index (χ3n) is 3.95. The van der Waals surface area contributed by atoms with Crippen LogP contribution in [0.3, 0.4) is 0 Å². The molecule has 3 aliphatic heterocycles. The number of aliphatic hydroxyl groups excluding tert-OH is 1. The normalized spacial score (nSPS) is 36.9. The number of hydrogen-bond donors (Lipinski definition) is 3. The lowest BCUT2D eigenvalue weighted by atomic mass is 9.96. The Hall–Kier alpha value is -0.650. The van der Waals surface area contributed by atoms with Crippen molar-refractivity contribution in [1.29, 1.82) is 0 Å². The number of carboxylic acid groups (broad SMARTS) is 1. The van der Waals surface area contributed by atoms with Gasteiger partial charge in [-0.2, -0.15) is 0 Å². The summed E-state index contributed by atoms with van der Waals surface area (Å²) in [5.41, 5.74) is 0. The van der Waals surface area contributed by atoms with Crippen molar-refractivity contribution in [2.75, 3.05) is 13.1 Å². The van der Waals surface area contributed by atoms with Gasteiger partial charge in [0.15, 0.2) is 0 Å². The van der Waals surface area contributed by atoms with E-state index in [0.29, 0.717) is 12.1 Å². The number of nitrogens with one attached hydrogen (secondary N) is 1. The zero-order chi connectivity index (χ0) is 12.4. The second-order valence-electron chi connectivity index (χ2n) is 5.29. The molecule has 0 aliphatic carbocycles. The maximum atomic E-state index is 9.64. The zero-order valence-corrected chi connectivity index (χ0v) is 10.3. The molecule has 0 radical (unpaired) electrons. The van der Waals surface area contributed by atoms with E-state index in [4.69, 9.17) is 9.90 Å². The first-order valence-corrected chi connectivity index (χ1v) is 6.43. The van der Waals surface area contributed by atoms with E-state index in [0.717, 1.165) is 25.8 Å². The number of aliphatic hydroxyl groups is 1. The molecule has 0 amide bonds. The molecule has 17 heavy (non-hydrogen) atoms. The summed E-state index contributed by atoms with van der Waals surface area (Å²) in [6, 6.07) is 2.17. The molecule has 3 saturated heterocycles. The van der Waals surface area contributed by atoms with Gasteiger partial charge < -0.3 is 15.5 Å². The van der Waals surface area contributed by atoms with Crippen molar-refractivity contribution in [2.24, 2.45) is 0 Å². The minimum atomic E-state index is -0.833. The van der Waals surface area contributed by atoms with E-state index in [1.165, 1.54) is 25.9 Å². The maximum Gasteiger partial charge on any atom is 0.300 e. The Morgan fingerprint density at radius 2 is 1.65 bits per heavy atom. The number of fused-ring (bicyclic) bond motifs is 2. The molecule has 0 aromatic rings. The van der Waals surface area contributed by atoms with Crippen molar-refractivity contribution in [3.8, 4) is 0 Å². The number of aliphatic carboxylic acids is 1. The molecular formula is C12H22N2O3. The van der Waals surface area contributed by atoms with Gasteiger partial charge in [-0.15, -0.1) is 0 Å². The largest absolute Gasteiger partial charge is 0.481 e. The number of piperidine rings is 1. The van der Waals surface area contributed by atoms with E-state index >= 15 is 0 Å². The highest BCUT2D eigenvalue weighted by molar-refractivity contribution is 5.62. The van der Waals surface area contributed by atoms with Crippen LogP contribution >= 0.6 is 0 Å². The average molecular weight is 242 g/mol. The van der Waals surface area contributed by atoms with Gasteiger partial charge in [-0.1, -0.05) is 0 Å². The third kappa shape index (κ3) is 2.97. The van der Waals surface area contributed by atoms with Gasteiger partial charge in [0.1, 0.15) is 0 Å². The Balaban J connectivity index is 0.000000239. The molecule has 3 aliphatic rings. The summed E-state index contributed by atoms with van der Waals surface area (Å²) in [7, 11) is 0. The Morgan fingerprint density at radius 3 is 2.00 bits per heavy atom. The summed E-state index contributed by atoms with van der Waals surface area (Å²) in [6.45, 7) is 3.42. The van der Waals surface area contributed by atoms with Crippen LogP contribution in [0.15, 0.2) is 0 Å². The SMILES string of the molecule is CC(=O)O.OC1C[C@H]2CC[C@@H](C1)N2C1CNC1. The van der Waals surface area contributed by atoms with E-state index in [2.05, 4.69) is 10.2 Å². The predicted octanol–water partition coefficient (Wildman–Crippen LogP) is 0.0368. The van der Waals surface area contributed by atoms with Crippen LogP contribution in [-0.4, -0.2) is 58.4 Å². The van der Waals surface area contributed by atoms with Crippen LogP contribution in [0.25, 0.3) is 0 Å². The summed E-state index contributed by atoms with van der Waals surface area (Å²) < 4.78 is 0. The Morgan fingerprint density at radius 1 is 1.18 bits per heavy atom. The smallest absolute Gasteiger partial charge is 0.300 e. The first-order chi connectivity index (χ1) is 8.08. The molecule has 0 aromatic heterocycles. The lowest BCUT2D eigenvalue weighted by Gasteiger charge is -2.46. The minimum absolute atomic E-state index is 0.0122. The lowest BCUT2D eigenvalue weighted by molar-refractivity contribution is -0.134. The average Bonchev–Trinajstić information content (AvgIpc) is 2.42. The third-order valence-corrected chi connectivity index (χ3v) is 3.95. The van der Waals surface area contributed by atoms with Crippen molar-refractivity contribution in [1.82, 2.24) is 10.2 Å². The highest BCUT2D eigenvalue weighted by Gasteiger charge is 2.44. The van der Waals surface area contributed by atoms with E-state index in [-0.39, 0.29) is 6.10 Å². The molecule has 3 fully saturated rings. The van der Waals surface area contributed by atoms with Crippen LogP contribution in [0.1, 0.15) is 32.6 Å². The van der Waals surface area contributed by atoms with Gasteiger partial charge in [-0.25, -0.2) is 0 Å². The topological polar surface area (TPSA) is 72.8 Å². The molecule has 3 rings (SSSR count). The second kappa shape index (κ2) is 5.33. The van der Waals surface area contributed by atoms with Crippen LogP contribution in [0.4, 0.5) is 0 Å². The van der Waals surface area contributed by atoms with Crippen molar-refractivity contribution in [3.05, 3.63) is 0 Å². The first-order valence-electron chi connectivity index (χ1n) is 6.43. The fourth-order valence-corrected chi connectivity index (χ4v) is 3.27. The van der Waals surface area contributed by atoms with Gasteiger partial charge in [-0.05, 0) is 25.7 Å². The van der Waals surface area contributed by atoms with Crippen LogP contribution in [-0.2, 0) is 4.79 Å². The van der Waals surface area contributed by atoms with Gasteiger partial charge in [0, 0.05) is 38.1 Å². The van der Waals surface area contributed by atoms with E-state index < -0.39 is 5.97 Å². The molecule has 5 nitrogen and oxygen atoms in total. The van der Waals surface area contributed by atoms with Crippen LogP contribution in [0, 0.1) is 0 Å². The molecule has 3 atom stereocenters. The van der Waals surface area contributed by atoms with Gasteiger partial charge in [0.25, 0.3) is 5.97 Å². The minimum Gasteiger partial charge on any atom is -0.481 e. The summed E-state index contributed by atoms with van der Waals surface area (Å²) in [5.74, 6) is -0.833. The fourth-order valence-electron chi connectivity index (χ4n) is 3.27. The summed E-state index contributed by atoms with van der Waals surface area (Å²) >= 11 is 0. The number of carbonyl (C=O) groups is 1. The van der Waals surface area contributed by atoms with Gasteiger partial charge in [0.2, 0.25) is 0 Å². The Kier molecular flexibility index (Phi) is 4.01. The molecule has 98 valence electrons. The highest BCUT2D eigenvalue weighted by Crippen LogP contribution is 2.37. The Labute approximate surface area is 102 Å². The molecular weight excluding hydrogens is 220 g/mol. The van der Waals surface area contributed by atoms with E-state index in [1.54, 1.807) is 0 Å². The summed E-state index contributed by atoms with van der Waals surface area (Å²) in [5, 5.41) is 20.4. The summed E-state index contributed by atoms with van der Waals surface area (Å²) in [4.78, 5) is 11.7. The van der Waals surface area contributed by atoms with Crippen LogP contribution in [0.2, 0.25) is 0 Å². The second-order valence-corrected chi connectivity index (χ2v) is 5.29. The maximum absolute atomic E-state index is 9.64. The number of carboxylic acids is 1. The van der Waals surface area contributed by atoms with Crippen molar-refractivity contribution >= 4 is 5.97 Å². The van der Waals surface area contributed by atoms with Crippen molar-refractivity contribution < 1.29 is 15.0 Å². The van der Waals surface area contributed by atoms with E-state index in [9.17, 15) is 5.11 Å².